The fourth-order valence-electron chi connectivity index (χ4n) is 2.16. The molecule has 0 bridgehead atoms. The molecule has 0 unspecified atom stereocenters. The van der Waals surface area contributed by atoms with Gasteiger partial charge in [0.1, 0.15) is 5.52 Å². The van der Waals surface area contributed by atoms with Crippen molar-refractivity contribution < 1.29 is 0 Å². The first kappa shape index (κ1) is 19.4. The topological polar surface area (TPSA) is 28.7 Å². The molecule has 0 aliphatic carbocycles. The molecule has 2 aromatic rings. The van der Waals surface area contributed by atoms with Gasteiger partial charge in [0.25, 0.3) is 0 Å². The van der Waals surface area contributed by atoms with E-state index in [9.17, 15) is 0 Å². The quantitative estimate of drug-likeness (QED) is 0.454. The summed E-state index contributed by atoms with van der Waals surface area (Å²) >= 11 is 7.59. The summed E-state index contributed by atoms with van der Waals surface area (Å²) < 4.78 is 0. The molecule has 0 amide bonds. The first-order valence-electron chi connectivity index (χ1n) is 8.24. The van der Waals surface area contributed by atoms with E-state index in [1.54, 1.807) is 11.8 Å². The number of thioether (sulfide) groups is 4. The molecule has 0 aliphatic heterocycles. The second-order valence-corrected chi connectivity index (χ2v) is 9.39. The maximum Gasteiger partial charge on any atom is 0.166 e. The Labute approximate surface area is 157 Å². The van der Waals surface area contributed by atoms with Gasteiger partial charge in [-0.1, -0.05) is 32.5 Å². The molecule has 128 valence electrons. The van der Waals surface area contributed by atoms with Crippen molar-refractivity contribution in [1.29, 1.82) is 0 Å². The van der Waals surface area contributed by atoms with Gasteiger partial charge < -0.3 is 4.98 Å². The maximum absolute atomic E-state index is 4.84. The Hall–Kier alpha value is 0.0900. The molecule has 0 aliphatic rings. The second-order valence-electron chi connectivity index (χ2n) is 5.22. The van der Waals surface area contributed by atoms with E-state index in [1.165, 1.54) is 45.2 Å². The summed E-state index contributed by atoms with van der Waals surface area (Å²) in [4.78, 5) is 12.6. The second kappa shape index (κ2) is 10.2. The van der Waals surface area contributed by atoms with Crippen molar-refractivity contribution in [3.8, 4) is 0 Å². The van der Waals surface area contributed by atoms with Gasteiger partial charge in [-0.25, -0.2) is 4.98 Å². The minimum Gasteiger partial charge on any atom is -0.332 e. The van der Waals surface area contributed by atoms with E-state index >= 15 is 0 Å². The van der Waals surface area contributed by atoms with Crippen LogP contribution in [0, 0.1) is 0 Å². The summed E-state index contributed by atoms with van der Waals surface area (Å²) in [5, 5.41) is 1.02. The summed E-state index contributed by atoms with van der Waals surface area (Å²) in [6.07, 6.45) is 5.68. The average Bonchev–Trinajstić information content (AvgIpc) is 3.01. The monoisotopic (exact) mass is 386 g/mol. The smallest absolute Gasteiger partial charge is 0.166 e. The molecule has 0 fully saturated rings. The highest BCUT2D eigenvalue weighted by atomic mass is 32.2. The molecule has 0 saturated carbocycles. The highest BCUT2D eigenvalue weighted by Crippen LogP contribution is 2.42. The van der Waals surface area contributed by atoms with Crippen LogP contribution in [-0.2, 0) is 0 Å². The van der Waals surface area contributed by atoms with Crippen LogP contribution in [0.15, 0.2) is 25.9 Å². The molecule has 23 heavy (non-hydrogen) atoms. The Morgan fingerprint density at radius 3 is 2.13 bits per heavy atom. The van der Waals surface area contributed by atoms with E-state index in [4.69, 9.17) is 4.98 Å². The normalized spacial score (nSPS) is 11.5. The number of hydrogen-bond acceptors (Lipinski definition) is 5. The van der Waals surface area contributed by atoms with E-state index < -0.39 is 0 Å². The number of rotatable bonds is 10. The van der Waals surface area contributed by atoms with Gasteiger partial charge in [-0.2, -0.15) is 0 Å². The fraction of sp³-hybridized carbons (Fsp3) is 0.588. The molecule has 2 rings (SSSR count). The molecule has 0 atom stereocenters. The largest absolute Gasteiger partial charge is 0.332 e. The number of nitrogens with zero attached hydrogens (tertiary/aromatic N) is 1. The van der Waals surface area contributed by atoms with Crippen LogP contribution in [0.1, 0.15) is 40.0 Å². The SMILES string of the molecule is CCCSc1cc(SCCC)c2nc(SC)[nH]c2c1SCCC. The minimum atomic E-state index is 1.02. The third kappa shape index (κ3) is 5.03. The van der Waals surface area contributed by atoms with Gasteiger partial charge in [-0.15, -0.1) is 35.3 Å². The van der Waals surface area contributed by atoms with Gasteiger partial charge in [0.05, 0.1) is 5.52 Å². The summed E-state index contributed by atoms with van der Waals surface area (Å²) in [6.45, 7) is 6.73. The average molecular weight is 387 g/mol. The molecule has 1 aromatic heterocycles. The maximum atomic E-state index is 4.84. The molecule has 2 nitrogen and oxygen atoms in total. The van der Waals surface area contributed by atoms with Crippen molar-refractivity contribution in [2.45, 2.75) is 59.9 Å². The predicted molar refractivity (Wildman–Crippen MR) is 111 cm³/mol. The lowest BCUT2D eigenvalue weighted by Gasteiger charge is -2.12. The molecule has 6 heteroatoms. The van der Waals surface area contributed by atoms with Crippen LogP contribution in [0.2, 0.25) is 0 Å². The first-order chi connectivity index (χ1) is 11.2. The predicted octanol–water partition coefficient (Wildman–Crippen LogP) is 6.79. The van der Waals surface area contributed by atoms with E-state index in [2.05, 4.69) is 38.1 Å². The van der Waals surface area contributed by atoms with Gasteiger partial charge in [0.2, 0.25) is 0 Å². The molecular formula is C17H26N2S4. The Kier molecular flexibility index (Phi) is 8.58. The van der Waals surface area contributed by atoms with Crippen LogP contribution in [0.3, 0.4) is 0 Å². The van der Waals surface area contributed by atoms with Gasteiger partial charge in [-0.05, 0) is 48.8 Å². The third-order valence-corrected chi connectivity index (χ3v) is 7.71. The zero-order valence-electron chi connectivity index (χ0n) is 14.4. The van der Waals surface area contributed by atoms with Crippen LogP contribution in [0.5, 0.6) is 0 Å². The lowest BCUT2D eigenvalue weighted by atomic mass is 10.3. The lowest BCUT2D eigenvalue weighted by molar-refractivity contribution is 1.07. The standard InChI is InChI=1S/C17H26N2S4/c1-5-8-21-12-11-13(22-9-6-2)16(23-10-7-3)15-14(12)18-17(19-15)20-4/h11H,5-10H2,1-4H3,(H,18,19). The molecule has 1 heterocycles. The Morgan fingerprint density at radius 2 is 1.52 bits per heavy atom. The molecule has 0 saturated heterocycles. The van der Waals surface area contributed by atoms with Gasteiger partial charge in [0, 0.05) is 14.7 Å². The number of aromatic nitrogens is 2. The van der Waals surface area contributed by atoms with Gasteiger partial charge in [-0.3, -0.25) is 0 Å². The minimum absolute atomic E-state index is 1.02. The van der Waals surface area contributed by atoms with Crippen molar-refractivity contribution in [3.63, 3.8) is 0 Å². The van der Waals surface area contributed by atoms with Crippen molar-refractivity contribution in [1.82, 2.24) is 9.97 Å². The highest BCUT2D eigenvalue weighted by Gasteiger charge is 2.17. The molecule has 1 aromatic carbocycles. The van der Waals surface area contributed by atoms with Crippen LogP contribution >= 0.6 is 47.0 Å². The lowest BCUT2D eigenvalue weighted by Crippen LogP contribution is -1.89. The van der Waals surface area contributed by atoms with Crippen LogP contribution in [0.4, 0.5) is 0 Å². The van der Waals surface area contributed by atoms with Crippen LogP contribution in [0.25, 0.3) is 11.0 Å². The van der Waals surface area contributed by atoms with Crippen molar-refractivity contribution in [3.05, 3.63) is 6.07 Å². The number of benzene rings is 1. The van der Waals surface area contributed by atoms with Crippen molar-refractivity contribution in [2.24, 2.45) is 0 Å². The molecule has 1 N–H and O–H groups in total. The Morgan fingerprint density at radius 1 is 0.913 bits per heavy atom. The number of imidazole rings is 1. The molecule has 0 spiro atoms. The first-order valence-corrected chi connectivity index (χ1v) is 12.4. The highest BCUT2D eigenvalue weighted by molar-refractivity contribution is 8.02. The molecular weight excluding hydrogens is 360 g/mol. The van der Waals surface area contributed by atoms with Crippen LogP contribution < -0.4 is 0 Å². The number of H-pyrrole nitrogens is 1. The van der Waals surface area contributed by atoms with E-state index in [0.717, 1.165) is 22.2 Å². The molecule has 0 radical (unpaired) electrons. The summed E-state index contributed by atoms with van der Waals surface area (Å²) in [6, 6.07) is 2.38. The zero-order valence-corrected chi connectivity index (χ0v) is 17.7. The van der Waals surface area contributed by atoms with E-state index in [0.29, 0.717) is 0 Å². The van der Waals surface area contributed by atoms with Crippen molar-refractivity contribution >= 4 is 58.1 Å². The Bertz CT molecular complexity index is 625. The van der Waals surface area contributed by atoms with E-state index in [1.807, 2.05) is 35.3 Å². The number of fused-ring (bicyclic) bond motifs is 1. The number of hydrogen-bond donors (Lipinski definition) is 1. The Balaban J connectivity index is 2.53. The number of aromatic amines is 1. The van der Waals surface area contributed by atoms with Gasteiger partial charge >= 0.3 is 0 Å². The fourth-order valence-corrected chi connectivity index (χ4v) is 5.64. The van der Waals surface area contributed by atoms with Crippen molar-refractivity contribution in [2.75, 3.05) is 23.5 Å². The summed E-state index contributed by atoms with van der Waals surface area (Å²) in [7, 11) is 0. The zero-order chi connectivity index (χ0) is 16.7. The summed E-state index contributed by atoms with van der Waals surface area (Å²) in [5.74, 6) is 3.48. The van der Waals surface area contributed by atoms with Crippen LogP contribution in [-0.4, -0.2) is 33.5 Å². The summed E-state index contributed by atoms with van der Waals surface area (Å²) in [5.41, 5.74) is 2.40. The number of nitrogens with one attached hydrogen (secondary N) is 1. The van der Waals surface area contributed by atoms with E-state index in [-0.39, 0.29) is 0 Å². The third-order valence-electron chi connectivity index (χ3n) is 3.20. The van der Waals surface area contributed by atoms with Gasteiger partial charge in [0.15, 0.2) is 5.16 Å².